The van der Waals surface area contributed by atoms with E-state index in [1.807, 2.05) is 11.4 Å². The van der Waals surface area contributed by atoms with Crippen LogP contribution in [0.15, 0.2) is 24.0 Å². The predicted molar refractivity (Wildman–Crippen MR) is 46.6 cm³/mol. The van der Waals surface area contributed by atoms with Gasteiger partial charge in [0.2, 0.25) is 0 Å². The molecule has 3 nitrogen and oxygen atoms in total. The third-order valence-corrected chi connectivity index (χ3v) is 2.37. The molecular formula is C8H5N3S. The highest BCUT2D eigenvalue weighted by Crippen LogP contribution is 2.25. The molecule has 0 spiro atoms. The zero-order valence-electron chi connectivity index (χ0n) is 6.11. The Kier molecular flexibility index (Phi) is 1.65. The van der Waals surface area contributed by atoms with Crippen LogP contribution in [-0.2, 0) is 0 Å². The van der Waals surface area contributed by atoms with Gasteiger partial charge >= 0.3 is 0 Å². The molecule has 0 aliphatic carbocycles. The highest BCUT2D eigenvalue weighted by molar-refractivity contribution is 7.11. The highest BCUT2D eigenvalue weighted by Gasteiger charge is 2.05. The zero-order chi connectivity index (χ0) is 8.39. The molecule has 0 aliphatic heterocycles. The van der Waals surface area contributed by atoms with E-state index >= 15 is 0 Å². The standard InChI is InChI=1S/C8H5N3S/c9-3-8-6(1-2-12-8)7-4-10-5-11-7/h1-2,4-5H,(H,10,11). The summed E-state index contributed by atoms with van der Waals surface area (Å²) in [6, 6.07) is 4.05. The average Bonchev–Trinajstić information content (AvgIpc) is 2.74. The number of H-pyrrole nitrogens is 1. The van der Waals surface area contributed by atoms with Crippen molar-refractivity contribution in [3.63, 3.8) is 0 Å². The van der Waals surface area contributed by atoms with E-state index in [1.165, 1.54) is 11.3 Å². The van der Waals surface area contributed by atoms with Gasteiger partial charge in [0, 0.05) is 5.56 Å². The number of thiophene rings is 1. The largest absolute Gasteiger partial charge is 0.345 e. The summed E-state index contributed by atoms with van der Waals surface area (Å²) in [6.07, 6.45) is 3.32. The normalized spacial score (nSPS) is 9.58. The Labute approximate surface area is 73.3 Å². The third kappa shape index (κ3) is 1.00. The fraction of sp³-hybridized carbons (Fsp3) is 0. The Hall–Kier alpha value is -1.60. The van der Waals surface area contributed by atoms with Gasteiger partial charge in [-0.25, -0.2) is 4.98 Å². The zero-order valence-corrected chi connectivity index (χ0v) is 6.93. The molecule has 2 aromatic rings. The van der Waals surface area contributed by atoms with Crippen LogP contribution in [0.25, 0.3) is 11.3 Å². The van der Waals surface area contributed by atoms with Crippen molar-refractivity contribution < 1.29 is 0 Å². The van der Waals surface area contributed by atoms with Crippen LogP contribution < -0.4 is 0 Å². The van der Waals surface area contributed by atoms with Gasteiger partial charge in [-0.2, -0.15) is 5.26 Å². The van der Waals surface area contributed by atoms with E-state index in [0.29, 0.717) is 0 Å². The maximum Gasteiger partial charge on any atom is 0.114 e. The maximum atomic E-state index is 8.73. The highest BCUT2D eigenvalue weighted by atomic mass is 32.1. The molecule has 2 rings (SSSR count). The van der Waals surface area contributed by atoms with E-state index in [-0.39, 0.29) is 0 Å². The van der Waals surface area contributed by atoms with Crippen LogP contribution in [0.1, 0.15) is 4.88 Å². The average molecular weight is 175 g/mol. The lowest BCUT2D eigenvalue weighted by Gasteiger charge is -1.90. The summed E-state index contributed by atoms with van der Waals surface area (Å²) < 4.78 is 0. The number of aromatic nitrogens is 2. The first-order valence-corrected chi connectivity index (χ1v) is 4.26. The molecule has 0 saturated heterocycles. The lowest BCUT2D eigenvalue weighted by atomic mass is 10.2. The minimum Gasteiger partial charge on any atom is -0.345 e. The van der Waals surface area contributed by atoms with Crippen molar-refractivity contribution in [2.75, 3.05) is 0 Å². The second kappa shape index (κ2) is 2.80. The van der Waals surface area contributed by atoms with Gasteiger partial charge in [-0.1, -0.05) is 0 Å². The van der Waals surface area contributed by atoms with Crippen LogP contribution in [0.2, 0.25) is 0 Å². The van der Waals surface area contributed by atoms with Crippen LogP contribution in [0, 0.1) is 11.3 Å². The Morgan fingerprint density at radius 2 is 2.50 bits per heavy atom. The smallest absolute Gasteiger partial charge is 0.114 e. The summed E-state index contributed by atoms with van der Waals surface area (Å²) in [4.78, 5) is 7.57. The molecule has 2 heterocycles. The number of nitrogens with zero attached hydrogens (tertiary/aromatic N) is 2. The van der Waals surface area contributed by atoms with Crippen LogP contribution >= 0.6 is 11.3 Å². The van der Waals surface area contributed by atoms with Crippen molar-refractivity contribution in [2.45, 2.75) is 0 Å². The van der Waals surface area contributed by atoms with Crippen LogP contribution in [-0.4, -0.2) is 9.97 Å². The van der Waals surface area contributed by atoms with Gasteiger partial charge in [0.25, 0.3) is 0 Å². The lowest BCUT2D eigenvalue weighted by Crippen LogP contribution is -1.75. The summed E-state index contributed by atoms with van der Waals surface area (Å²) in [5, 5.41) is 10.6. The number of nitrogens with one attached hydrogen (secondary N) is 1. The van der Waals surface area contributed by atoms with Crippen molar-refractivity contribution in [2.24, 2.45) is 0 Å². The number of aromatic amines is 1. The summed E-state index contributed by atoms with van der Waals surface area (Å²) in [5.41, 5.74) is 1.83. The van der Waals surface area contributed by atoms with E-state index < -0.39 is 0 Å². The van der Waals surface area contributed by atoms with Gasteiger partial charge in [-0.15, -0.1) is 11.3 Å². The third-order valence-electron chi connectivity index (χ3n) is 1.56. The number of nitriles is 1. The molecule has 0 aliphatic rings. The number of imidazole rings is 1. The van der Waals surface area contributed by atoms with Crippen LogP contribution in [0.3, 0.4) is 0 Å². The predicted octanol–water partition coefficient (Wildman–Crippen LogP) is 2.01. The lowest BCUT2D eigenvalue weighted by molar-refractivity contribution is 1.31. The minimum absolute atomic E-state index is 0.722. The Morgan fingerprint density at radius 3 is 3.17 bits per heavy atom. The van der Waals surface area contributed by atoms with Crippen LogP contribution in [0.4, 0.5) is 0 Å². The molecule has 0 atom stereocenters. The topological polar surface area (TPSA) is 52.5 Å². The molecular weight excluding hydrogens is 170 g/mol. The fourth-order valence-electron chi connectivity index (χ4n) is 1.01. The van der Waals surface area contributed by atoms with E-state index in [0.717, 1.165) is 16.1 Å². The summed E-state index contributed by atoms with van der Waals surface area (Å²) in [6.45, 7) is 0. The molecule has 2 aromatic heterocycles. The molecule has 0 saturated carbocycles. The first kappa shape index (κ1) is 7.07. The Balaban J connectivity index is 2.55. The minimum atomic E-state index is 0.722. The van der Waals surface area contributed by atoms with Gasteiger partial charge in [0.15, 0.2) is 0 Å². The molecule has 58 valence electrons. The van der Waals surface area contributed by atoms with E-state index in [9.17, 15) is 0 Å². The quantitative estimate of drug-likeness (QED) is 0.720. The molecule has 12 heavy (non-hydrogen) atoms. The summed E-state index contributed by atoms with van der Waals surface area (Å²) >= 11 is 1.44. The molecule has 0 fully saturated rings. The van der Waals surface area contributed by atoms with Gasteiger partial charge in [-0.05, 0) is 11.4 Å². The molecule has 0 amide bonds. The van der Waals surface area contributed by atoms with Crippen molar-refractivity contribution in [3.8, 4) is 17.3 Å². The van der Waals surface area contributed by atoms with E-state index in [1.54, 1.807) is 12.5 Å². The number of hydrogen-bond acceptors (Lipinski definition) is 3. The van der Waals surface area contributed by atoms with Crippen molar-refractivity contribution in [1.29, 1.82) is 5.26 Å². The van der Waals surface area contributed by atoms with E-state index in [4.69, 9.17) is 5.26 Å². The van der Waals surface area contributed by atoms with Crippen LogP contribution in [0.5, 0.6) is 0 Å². The Bertz CT molecular complexity index is 408. The van der Waals surface area contributed by atoms with Gasteiger partial charge in [0.05, 0.1) is 18.2 Å². The number of hydrogen-bond donors (Lipinski definition) is 1. The summed E-state index contributed by atoms with van der Waals surface area (Å²) in [7, 11) is 0. The van der Waals surface area contributed by atoms with Gasteiger partial charge in [0.1, 0.15) is 10.9 Å². The molecule has 1 N–H and O–H groups in total. The molecule has 0 unspecified atom stereocenters. The molecule has 0 aromatic carbocycles. The van der Waals surface area contributed by atoms with Gasteiger partial charge < -0.3 is 4.98 Å². The maximum absolute atomic E-state index is 8.73. The number of rotatable bonds is 1. The molecule has 4 heteroatoms. The molecule has 0 bridgehead atoms. The second-order valence-electron chi connectivity index (χ2n) is 2.24. The van der Waals surface area contributed by atoms with Crippen molar-refractivity contribution in [1.82, 2.24) is 9.97 Å². The summed E-state index contributed by atoms with van der Waals surface area (Å²) in [5.74, 6) is 0. The SMILES string of the molecule is N#Cc1sccc1-c1cnc[nH]1. The molecule has 0 radical (unpaired) electrons. The second-order valence-corrected chi connectivity index (χ2v) is 3.16. The monoisotopic (exact) mass is 175 g/mol. The van der Waals surface area contributed by atoms with Crippen molar-refractivity contribution >= 4 is 11.3 Å². The fourth-order valence-corrected chi connectivity index (χ4v) is 1.71. The first-order chi connectivity index (χ1) is 5.92. The van der Waals surface area contributed by atoms with Crippen molar-refractivity contribution in [3.05, 3.63) is 28.8 Å². The Morgan fingerprint density at radius 1 is 1.58 bits per heavy atom. The first-order valence-electron chi connectivity index (χ1n) is 3.38. The van der Waals surface area contributed by atoms with E-state index in [2.05, 4.69) is 16.0 Å². The van der Waals surface area contributed by atoms with Gasteiger partial charge in [-0.3, -0.25) is 0 Å².